The Bertz CT molecular complexity index is 838. The van der Waals surface area contributed by atoms with Crippen molar-refractivity contribution in [2.75, 3.05) is 13.2 Å². The predicted molar refractivity (Wildman–Crippen MR) is 99.0 cm³/mol. The smallest absolute Gasteiger partial charge is 0.110 e. The lowest BCUT2D eigenvalue weighted by molar-refractivity contribution is 0.193. The van der Waals surface area contributed by atoms with Gasteiger partial charge in [0.05, 0.1) is 23.3 Å². The first-order chi connectivity index (χ1) is 12.8. The van der Waals surface area contributed by atoms with E-state index >= 15 is 0 Å². The van der Waals surface area contributed by atoms with Crippen molar-refractivity contribution in [3.63, 3.8) is 0 Å². The molecule has 1 aromatic carbocycles. The number of hydrogen-bond acceptors (Lipinski definition) is 4. The molecule has 1 saturated carbocycles. The number of aromatic nitrogens is 5. The van der Waals surface area contributed by atoms with Crippen LogP contribution >= 0.6 is 0 Å². The highest BCUT2D eigenvalue weighted by Gasteiger charge is 2.26. The first kappa shape index (κ1) is 16.0. The third-order valence-corrected chi connectivity index (χ3v) is 5.99. The SMILES string of the molecule is c1ccc2[nH]c(C3CCC(Cn4cc([C@@H]5CCOC5)nn4)CC3)nc2c1. The van der Waals surface area contributed by atoms with E-state index in [1.54, 1.807) is 0 Å². The zero-order valence-electron chi connectivity index (χ0n) is 15.0. The molecule has 1 aliphatic heterocycles. The van der Waals surface area contributed by atoms with Gasteiger partial charge in [0, 0.05) is 31.2 Å². The summed E-state index contributed by atoms with van der Waals surface area (Å²) in [6.45, 7) is 2.62. The standard InChI is InChI=1S/C20H25N5O/c1-2-4-18-17(3-1)21-20(22-18)15-7-5-14(6-8-15)11-25-12-19(23-24-25)16-9-10-26-13-16/h1-4,12,14-16H,5-11,13H2,(H,21,22)/t14?,15?,16-/m1/s1. The lowest BCUT2D eigenvalue weighted by Crippen LogP contribution is -2.19. The number of hydrogen-bond donors (Lipinski definition) is 1. The van der Waals surface area contributed by atoms with E-state index in [1.165, 1.54) is 25.7 Å². The van der Waals surface area contributed by atoms with E-state index in [0.717, 1.165) is 48.7 Å². The zero-order chi connectivity index (χ0) is 17.3. The fraction of sp³-hybridized carbons (Fsp3) is 0.550. The van der Waals surface area contributed by atoms with Crippen molar-refractivity contribution in [3.05, 3.63) is 42.0 Å². The monoisotopic (exact) mass is 351 g/mol. The van der Waals surface area contributed by atoms with Gasteiger partial charge < -0.3 is 9.72 Å². The maximum absolute atomic E-state index is 5.46. The number of benzene rings is 1. The molecule has 1 atom stereocenters. The summed E-state index contributed by atoms with van der Waals surface area (Å²) in [5.41, 5.74) is 3.32. The molecule has 6 nitrogen and oxygen atoms in total. The van der Waals surface area contributed by atoms with Gasteiger partial charge in [-0.2, -0.15) is 0 Å². The van der Waals surface area contributed by atoms with Crippen LogP contribution in [0.1, 0.15) is 55.5 Å². The van der Waals surface area contributed by atoms with E-state index in [1.807, 2.05) is 10.7 Å². The van der Waals surface area contributed by atoms with Gasteiger partial charge in [-0.05, 0) is 50.2 Å². The molecule has 2 aromatic heterocycles. The average Bonchev–Trinajstić information content (AvgIpc) is 3.42. The highest BCUT2D eigenvalue weighted by molar-refractivity contribution is 5.74. The van der Waals surface area contributed by atoms with Gasteiger partial charge in [-0.1, -0.05) is 17.3 Å². The van der Waals surface area contributed by atoms with Crippen molar-refractivity contribution < 1.29 is 4.74 Å². The number of para-hydroxylation sites is 2. The molecule has 0 unspecified atom stereocenters. The van der Waals surface area contributed by atoms with Gasteiger partial charge in [-0.3, -0.25) is 4.68 Å². The quantitative estimate of drug-likeness (QED) is 0.779. The summed E-state index contributed by atoms with van der Waals surface area (Å²) in [5.74, 6) is 2.84. The normalized spacial score (nSPS) is 26.5. The van der Waals surface area contributed by atoms with Gasteiger partial charge in [-0.25, -0.2) is 4.98 Å². The van der Waals surface area contributed by atoms with E-state index in [0.29, 0.717) is 17.8 Å². The summed E-state index contributed by atoms with van der Waals surface area (Å²) in [6.07, 6.45) is 8.05. The fourth-order valence-corrected chi connectivity index (χ4v) is 4.41. The van der Waals surface area contributed by atoms with Crippen molar-refractivity contribution in [3.8, 4) is 0 Å². The van der Waals surface area contributed by atoms with Gasteiger partial charge in [0.15, 0.2) is 0 Å². The van der Waals surface area contributed by atoms with Crippen molar-refractivity contribution in [2.45, 2.75) is 50.5 Å². The van der Waals surface area contributed by atoms with Crippen LogP contribution in [-0.2, 0) is 11.3 Å². The van der Waals surface area contributed by atoms with Crippen LogP contribution in [0, 0.1) is 5.92 Å². The van der Waals surface area contributed by atoms with Crippen molar-refractivity contribution in [2.24, 2.45) is 5.92 Å². The van der Waals surface area contributed by atoms with Gasteiger partial charge in [0.2, 0.25) is 0 Å². The molecule has 1 aliphatic carbocycles. The molecule has 2 aliphatic rings. The minimum absolute atomic E-state index is 0.438. The molecule has 3 heterocycles. The molecule has 0 amide bonds. The number of aromatic amines is 1. The number of H-pyrrole nitrogens is 1. The molecule has 5 rings (SSSR count). The van der Waals surface area contributed by atoms with Gasteiger partial charge in [-0.15, -0.1) is 5.10 Å². The van der Waals surface area contributed by atoms with E-state index in [9.17, 15) is 0 Å². The average molecular weight is 351 g/mol. The second kappa shape index (κ2) is 6.83. The first-order valence-electron chi connectivity index (χ1n) is 9.77. The molecule has 3 aromatic rings. The number of imidazole rings is 1. The molecular formula is C20H25N5O. The third kappa shape index (κ3) is 3.14. The fourth-order valence-electron chi connectivity index (χ4n) is 4.41. The highest BCUT2D eigenvalue weighted by Crippen LogP contribution is 2.36. The van der Waals surface area contributed by atoms with Crippen LogP contribution in [0.3, 0.4) is 0 Å². The Balaban J connectivity index is 1.19. The molecule has 136 valence electrons. The number of nitrogens with zero attached hydrogens (tertiary/aromatic N) is 4. The Morgan fingerprint density at radius 1 is 1.08 bits per heavy atom. The third-order valence-electron chi connectivity index (χ3n) is 5.99. The summed E-state index contributed by atoms with van der Waals surface area (Å²) in [7, 11) is 0. The van der Waals surface area contributed by atoms with Crippen LogP contribution in [0.5, 0.6) is 0 Å². The topological polar surface area (TPSA) is 68.6 Å². The highest BCUT2D eigenvalue weighted by atomic mass is 16.5. The zero-order valence-corrected chi connectivity index (χ0v) is 15.0. The molecule has 0 radical (unpaired) electrons. The van der Waals surface area contributed by atoms with Crippen molar-refractivity contribution >= 4 is 11.0 Å². The van der Waals surface area contributed by atoms with Crippen LogP contribution in [0.25, 0.3) is 11.0 Å². The Hall–Kier alpha value is -2.21. The Morgan fingerprint density at radius 3 is 2.77 bits per heavy atom. The van der Waals surface area contributed by atoms with E-state index in [4.69, 9.17) is 9.72 Å². The summed E-state index contributed by atoms with van der Waals surface area (Å²) in [4.78, 5) is 8.31. The Kier molecular flexibility index (Phi) is 4.21. The van der Waals surface area contributed by atoms with Crippen LogP contribution in [0.4, 0.5) is 0 Å². The molecule has 0 spiro atoms. The molecule has 0 bridgehead atoms. The van der Waals surface area contributed by atoms with E-state index in [2.05, 4.69) is 39.7 Å². The minimum atomic E-state index is 0.438. The number of ether oxygens (including phenoxy) is 1. The van der Waals surface area contributed by atoms with Gasteiger partial charge >= 0.3 is 0 Å². The van der Waals surface area contributed by atoms with Crippen LogP contribution < -0.4 is 0 Å². The predicted octanol–water partition coefficient (Wildman–Crippen LogP) is 3.63. The number of rotatable bonds is 4. The maximum atomic E-state index is 5.46. The van der Waals surface area contributed by atoms with Crippen molar-refractivity contribution in [1.29, 1.82) is 0 Å². The minimum Gasteiger partial charge on any atom is -0.381 e. The second-order valence-corrected chi connectivity index (χ2v) is 7.78. The molecule has 1 N–H and O–H groups in total. The molecule has 2 fully saturated rings. The Morgan fingerprint density at radius 2 is 1.96 bits per heavy atom. The number of fused-ring (bicyclic) bond motifs is 1. The summed E-state index contributed by atoms with van der Waals surface area (Å²) in [6, 6.07) is 8.30. The lowest BCUT2D eigenvalue weighted by Gasteiger charge is -2.27. The van der Waals surface area contributed by atoms with E-state index in [-0.39, 0.29) is 0 Å². The molecule has 1 saturated heterocycles. The van der Waals surface area contributed by atoms with Gasteiger partial charge in [0.25, 0.3) is 0 Å². The van der Waals surface area contributed by atoms with E-state index < -0.39 is 0 Å². The lowest BCUT2D eigenvalue weighted by atomic mass is 9.81. The van der Waals surface area contributed by atoms with Crippen LogP contribution in [-0.4, -0.2) is 38.2 Å². The Labute approximate surface area is 153 Å². The second-order valence-electron chi connectivity index (χ2n) is 7.78. The molecular weight excluding hydrogens is 326 g/mol. The first-order valence-corrected chi connectivity index (χ1v) is 9.77. The summed E-state index contributed by atoms with van der Waals surface area (Å²) < 4.78 is 7.50. The molecule has 26 heavy (non-hydrogen) atoms. The van der Waals surface area contributed by atoms with Crippen molar-refractivity contribution in [1.82, 2.24) is 25.0 Å². The molecule has 6 heteroatoms. The maximum Gasteiger partial charge on any atom is 0.110 e. The summed E-state index contributed by atoms with van der Waals surface area (Å²) >= 11 is 0. The summed E-state index contributed by atoms with van der Waals surface area (Å²) in [5, 5.41) is 8.72. The van der Waals surface area contributed by atoms with Gasteiger partial charge in [0.1, 0.15) is 5.82 Å². The van der Waals surface area contributed by atoms with Crippen LogP contribution in [0.15, 0.2) is 30.5 Å². The largest absolute Gasteiger partial charge is 0.381 e. The number of nitrogens with one attached hydrogen (secondary N) is 1. The van der Waals surface area contributed by atoms with Crippen LogP contribution in [0.2, 0.25) is 0 Å².